The lowest BCUT2D eigenvalue weighted by Gasteiger charge is -2.36. The molecule has 2 rings (SSSR count). The summed E-state index contributed by atoms with van der Waals surface area (Å²) >= 11 is 6.17. The van der Waals surface area contributed by atoms with Crippen molar-refractivity contribution in [1.82, 2.24) is 4.90 Å². The highest BCUT2D eigenvalue weighted by atomic mass is 35.5. The average Bonchev–Trinajstić information content (AvgIpc) is 2.30. The second-order valence-corrected chi connectivity index (χ2v) is 4.80. The van der Waals surface area contributed by atoms with Gasteiger partial charge < -0.3 is 10.0 Å². The third-order valence-corrected chi connectivity index (χ3v) is 3.35. The Morgan fingerprint density at radius 2 is 1.88 bits per heavy atom. The van der Waals surface area contributed by atoms with Crippen LogP contribution in [0.25, 0.3) is 0 Å². The monoisotopic (exact) mass is 253 g/mol. The van der Waals surface area contributed by atoms with Gasteiger partial charge in [0, 0.05) is 32.7 Å². The van der Waals surface area contributed by atoms with E-state index >= 15 is 0 Å². The average molecular weight is 254 g/mol. The molecule has 1 aromatic carbocycles. The van der Waals surface area contributed by atoms with Gasteiger partial charge >= 0.3 is 0 Å². The number of aliphatic hydroxyl groups excluding tert-OH is 1. The van der Waals surface area contributed by atoms with E-state index in [0.29, 0.717) is 6.54 Å². The lowest BCUT2D eigenvalue weighted by atomic mass is 10.2. The summed E-state index contributed by atoms with van der Waals surface area (Å²) in [6, 6.07) is 7.92. The van der Waals surface area contributed by atoms with E-state index in [1.54, 1.807) is 0 Å². The van der Waals surface area contributed by atoms with Crippen LogP contribution in [0, 0.1) is 6.92 Å². The largest absolute Gasteiger partial charge is 0.392 e. The van der Waals surface area contributed by atoms with Crippen LogP contribution in [-0.4, -0.2) is 48.8 Å². The van der Waals surface area contributed by atoms with E-state index in [9.17, 15) is 5.11 Å². The Kier molecular flexibility index (Phi) is 4.26. The Labute approximate surface area is 108 Å². The number of hydrogen-bond donors (Lipinski definition) is 1. The van der Waals surface area contributed by atoms with E-state index in [1.165, 1.54) is 0 Å². The zero-order valence-electron chi connectivity index (χ0n) is 9.85. The minimum absolute atomic E-state index is 0.498. The van der Waals surface area contributed by atoms with Crippen LogP contribution < -0.4 is 4.90 Å². The van der Waals surface area contributed by atoms with Crippen molar-refractivity contribution in [2.24, 2.45) is 0 Å². The molecule has 4 heteroatoms. The Bertz CT molecular complexity index is 362. The number of anilines is 1. The van der Waals surface area contributed by atoms with Crippen LogP contribution in [0.1, 0.15) is 0 Å². The Morgan fingerprint density at radius 1 is 1.24 bits per heavy atom. The van der Waals surface area contributed by atoms with Crippen molar-refractivity contribution in [2.45, 2.75) is 6.10 Å². The topological polar surface area (TPSA) is 26.7 Å². The Balaban J connectivity index is 1.93. The molecule has 1 radical (unpaired) electrons. The molecule has 1 atom stereocenters. The lowest BCUT2D eigenvalue weighted by Crippen LogP contribution is -2.48. The minimum Gasteiger partial charge on any atom is -0.392 e. The molecule has 0 amide bonds. The number of piperazine rings is 1. The van der Waals surface area contributed by atoms with Gasteiger partial charge in [0.25, 0.3) is 0 Å². The van der Waals surface area contributed by atoms with Gasteiger partial charge in [0.2, 0.25) is 0 Å². The molecule has 0 aromatic heterocycles. The zero-order chi connectivity index (χ0) is 12.3. The van der Waals surface area contributed by atoms with Crippen molar-refractivity contribution >= 4 is 17.3 Å². The first-order valence-electron chi connectivity index (χ1n) is 5.90. The standard InChI is InChI=1S/C13H18ClN2O/c1-11(17)10-15-6-8-16(9-7-15)13-5-3-2-4-12(13)14/h2-5,11,17H,1,6-10H2. The molecule has 0 spiro atoms. The minimum atomic E-state index is -0.498. The molecule has 1 saturated heterocycles. The smallest absolute Gasteiger partial charge is 0.0668 e. The Morgan fingerprint density at radius 3 is 2.47 bits per heavy atom. The first-order chi connectivity index (χ1) is 8.16. The molecule has 1 heterocycles. The van der Waals surface area contributed by atoms with Crippen LogP contribution in [0.4, 0.5) is 5.69 Å². The summed E-state index contributed by atoms with van der Waals surface area (Å²) in [6.45, 7) is 8.02. The lowest BCUT2D eigenvalue weighted by molar-refractivity contribution is 0.140. The fourth-order valence-corrected chi connectivity index (χ4v) is 2.43. The van der Waals surface area contributed by atoms with Gasteiger partial charge in [0.15, 0.2) is 0 Å². The molecule has 17 heavy (non-hydrogen) atoms. The SMILES string of the molecule is [CH2]C(O)CN1CCN(c2ccccc2Cl)CC1. The normalized spacial score (nSPS) is 19.4. The highest BCUT2D eigenvalue weighted by Gasteiger charge is 2.19. The van der Waals surface area contributed by atoms with Gasteiger partial charge in [0.1, 0.15) is 0 Å². The van der Waals surface area contributed by atoms with Crippen LogP contribution in [0.3, 0.4) is 0 Å². The third kappa shape index (κ3) is 3.35. The third-order valence-electron chi connectivity index (χ3n) is 3.03. The van der Waals surface area contributed by atoms with E-state index < -0.39 is 6.10 Å². The molecule has 93 valence electrons. The molecule has 0 aliphatic carbocycles. The molecule has 1 N–H and O–H groups in total. The van der Waals surface area contributed by atoms with Crippen LogP contribution in [0.5, 0.6) is 0 Å². The van der Waals surface area contributed by atoms with Gasteiger partial charge in [-0.2, -0.15) is 0 Å². The Hall–Kier alpha value is -0.770. The fraction of sp³-hybridized carbons (Fsp3) is 0.462. The van der Waals surface area contributed by atoms with E-state index in [1.807, 2.05) is 24.3 Å². The quantitative estimate of drug-likeness (QED) is 0.888. The molecular formula is C13H18ClN2O. The van der Waals surface area contributed by atoms with Crippen LogP contribution in [-0.2, 0) is 0 Å². The predicted molar refractivity (Wildman–Crippen MR) is 71.5 cm³/mol. The molecule has 3 nitrogen and oxygen atoms in total. The maximum absolute atomic E-state index is 9.24. The van der Waals surface area contributed by atoms with Gasteiger partial charge in [-0.05, 0) is 19.1 Å². The summed E-state index contributed by atoms with van der Waals surface area (Å²) in [5.41, 5.74) is 1.10. The summed E-state index contributed by atoms with van der Waals surface area (Å²) in [6.07, 6.45) is -0.498. The number of halogens is 1. The number of para-hydroxylation sites is 1. The number of hydrogen-bond acceptors (Lipinski definition) is 3. The molecule has 1 aromatic rings. The van der Waals surface area contributed by atoms with E-state index in [2.05, 4.69) is 16.7 Å². The number of β-amino-alcohol motifs (C(OH)–C–C–N with tert-alkyl or cyclic N) is 1. The molecule has 1 aliphatic heterocycles. The highest BCUT2D eigenvalue weighted by molar-refractivity contribution is 6.33. The van der Waals surface area contributed by atoms with Crippen molar-refractivity contribution in [3.63, 3.8) is 0 Å². The predicted octanol–water partition coefficient (Wildman–Crippen LogP) is 1.66. The molecule has 1 fully saturated rings. The van der Waals surface area contributed by atoms with Gasteiger partial charge in [-0.3, -0.25) is 4.90 Å². The summed E-state index contributed by atoms with van der Waals surface area (Å²) in [5.74, 6) is 0. The summed E-state index contributed by atoms with van der Waals surface area (Å²) in [4.78, 5) is 4.51. The van der Waals surface area contributed by atoms with Crippen LogP contribution in [0.15, 0.2) is 24.3 Å². The first-order valence-corrected chi connectivity index (χ1v) is 6.27. The van der Waals surface area contributed by atoms with E-state index in [-0.39, 0.29) is 0 Å². The van der Waals surface area contributed by atoms with Gasteiger partial charge in [-0.15, -0.1) is 0 Å². The molecule has 1 aliphatic rings. The van der Waals surface area contributed by atoms with Crippen molar-refractivity contribution < 1.29 is 5.11 Å². The second kappa shape index (κ2) is 5.71. The van der Waals surface area contributed by atoms with E-state index in [0.717, 1.165) is 36.9 Å². The molecule has 0 saturated carbocycles. The maximum atomic E-state index is 9.24. The molecule has 0 bridgehead atoms. The zero-order valence-corrected chi connectivity index (χ0v) is 10.6. The first kappa shape index (κ1) is 12.7. The second-order valence-electron chi connectivity index (χ2n) is 4.39. The number of nitrogens with zero attached hydrogens (tertiary/aromatic N) is 2. The van der Waals surface area contributed by atoms with Gasteiger partial charge in [0.05, 0.1) is 16.8 Å². The fourth-order valence-electron chi connectivity index (χ4n) is 2.18. The van der Waals surface area contributed by atoms with Crippen molar-refractivity contribution in [3.05, 3.63) is 36.2 Å². The summed E-state index contributed by atoms with van der Waals surface area (Å²) < 4.78 is 0. The number of rotatable bonds is 3. The maximum Gasteiger partial charge on any atom is 0.0668 e. The number of aliphatic hydroxyl groups is 1. The number of benzene rings is 1. The van der Waals surface area contributed by atoms with Crippen LogP contribution in [0.2, 0.25) is 5.02 Å². The van der Waals surface area contributed by atoms with E-state index in [4.69, 9.17) is 11.6 Å². The van der Waals surface area contributed by atoms with Gasteiger partial charge in [-0.1, -0.05) is 23.7 Å². The summed E-state index contributed by atoms with van der Waals surface area (Å²) in [5, 5.41) is 10.0. The van der Waals surface area contributed by atoms with Gasteiger partial charge in [-0.25, -0.2) is 0 Å². The van der Waals surface area contributed by atoms with Crippen molar-refractivity contribution in [3.8, 4) is 0 Å². The van der Waals surface area contributed by atoms with Crippen LogP contribution >= 0.6 is 11.6 Å². The highest BCUT2D eigenvalue weighted by Crippen LogP contribution is 2.25. The van der Waals surface area contributed by atoms with Crippen molar-refractivity contribution in [2.75, 3.05) is 37.6 Å². The summed E-state index contributed by atoms with van der Waals surface area (Å²) in [7, 11) is 0. The van der Waals surface area contributed by atoms with Crippen molar-refractivity contribution in [1.29, 1.82) is 0 Å². The molecule has 1 unspecified atom stereocenters. The molecular weight excluding hydrogens is 236 g/mol.